The van der Waals surface area contributed by atoms with Gasteiger partial charge >= 0.3 is 0 Å². The van der Waals surface area contributed by atoms with Gasteiger partial charge in [-0.25, -0.2) is 0 Å². The average Bonchev–Trinajstić information content (AvgIpc) is 3.18. The molecule has 5 heteroatoms. The molecule has 2 fully saturated rings. The van der Waals surface area contributed by atoms with Crippen molar-refractivity contribution in [2.45, 2.75) is 51.2 Å². The zero-order valence-corrected chi connectivity index (χ0v) is 14.1. The van der Waals surface area contributed by atoms with E-state index in [9.17, 15) is 0 Å². The molecular weight excluding hydrogens is 264 g/mol. The molecule has 1 heterocycles. The van der Waals surface area contributed by atoms with Crippen molar-refractivity contribution in [2.24, 2.45) is 10.9 Å². The van der Waals surface area contributed by atoms with Crippen molar-refractivity contribution in [3.05, 3.63) is 0 Å². The predicted molar refractivity (Wildman–Crippen MR) is 87.8 cm³/mol. The Kier molecular flexibility index (Phi) is 5.88. The highest BCUT2D eigenvalue weighted by molar-refractivity contribution is 5.79. The fraction of sp³-hybridized carbons (Fsp3) is 0.938. The SMILES string of the molecule is CCNC(=NCC1(C)CCCO1)NCC(C1CC1)N(C)C. The molecular formula is C16H32N4O. The van der Waals surface area contributed by atoms with Gasteiger partial charge in [-0.2, -0.15) is 0 Å². The third kappa shape index (κ3) is 5.15. The van der Waals surface area contributed by atoms with Gasteiger partial charge in [0, 0.05) is 25.7 Å². The molecule has 2 rings (SSSR count). The average molecular weight is 296 g/mol. The molecule has 1 saturated heterocycles. The summed E-state index contributed by atoms with van der Waals surface area (Å²) >= 11 is 0. The monoisotopic (exact) mass is 296 g/mol. The minimum atomic E-state index is -0.0696. The highest BCUT2D eigenvalue weighted by Gasteiger charge is 2.33. The zero-order valence-electron chi connectivity index (χ0n) is 14.1. The summed E-state index contributed by atoms with van der Waals surface area (Å²) in [5, 5.41) is 6.85. The van der Waals surface area contributed by atoms with Crippen LogP contribution < -0.4 is 10.6 Å². The predicted octanol–water partition coefficient (Wildman–Crippen LogP) is 1.45. The molecule has 0 aromatic heterocycles. The number of guanidine groups is 1. The van der Waals surface area contributed by atoms with Crippen LogP contribution in [0.25, 0.3) is 0 Å². The van der Waals surface area contributed by atoms with Crippen LogP contribution in [0.15, 0.2) is 4.99 Å². The molecule has 122 valence electrons. The molecule has 0 aromatic rings. The van der Waals surface area contributed by atoms with E-state index in [1.807, 2.05) is 0 Å². The van der Waals surface area contributed by atoms with Crippen LogP contribution in [-0.2, 0) is 4.74 Å². The Morgan fingerprint density at radius 1 is 1.38 bits per heavy atom. The maximum Gasteiger partial charge on any atom is 0.191 e. The largest absolute Gasteiger partial charge is 0.373 e. The number of nitrogens with one attached hydrogen (secondary N) is 2. The van der Waals surface area contributed by atoms with Crippen molar-refractivity contribution >= 4 is 5.96 Å². The first-order valence-corrected chi connectivity index (χ1v) is 8.36. The Bertz CT molecular complexity index is 344. The van der Waals surface area contributed by atoms with Crippen molar-refractivity contribution in [3.63, 3.8) is 0 Å². The summed E-state index contributed by atoms with van der Waals surface area (Å²) in [5.74, 6) is 1.77. The summed E-state index contributed by atoms with van der Waals surface area (Å²) in [5.41, 5.74) is -0.0696. The Morgan fingerprint density at radius 2 is 2.14 bits per heavy atom. The molecule has 1 aliphatic heterocycles. The maximum absolute atomic E-state index is 5.81. The van der Waals surface area contributed by atoms with E-state index < -0.39 is 0 Å². The first kappa shape index (κ1) is 16.6. The van der Waals surface area contributed by atoms with Crippen LogP contribution in [0.2, 0.25) is 0 Å². The van der Waals surface area contributed by atoms with Crippen molar-refractivity contribution in [3.8, 4) is 0 Å². The number of ether oxygens (including phenoxy) is 1. The van der Waals surface area contributed by atoms with Crippen LogP contribution in [0.1, 0.15) is 39.5 Å². The van der Waals surface area contributed by atoms with Crippen molar-refractivity contribution in [1.29, 1.82) is 0 Å². The lowest BCUT2D eigenvalue weighted by atomic mass is 10.0. The van der Waals surface area contributed by atoms with E-state index in [2.05, 4.69) is 43.5 Å². The molecule has 2 unspecified atom stereocenters. The summed E-state index contributed by atoms with van der Waals surface area (Å²) in [6.07, 6.45) is 4.99. The highest BCUT2D eigenvalue weighted by atomic mass is 16.5. The van der Waals surface area contributed by atoms with Gasteiger partial charge in [0.25, 0.3) is 0 Å². The molecule has 5 nitrogen and oxygen atoms in total. The molecule has 21 heavy (non-hydrogen) atoms. The van der Waals surface area contributed by atoms with Crippen LogP contribution in [-0.4, -0.2) is 62.8 Å². The van der Waals surface area contributed by atoms with E-state index in [1.54, 1.807) is 0 Å². The molecule has 2 N–H and O–H groups in total. The van der Waals surface area contributed by atoms with Crippen LogP contribution >= 0.6 is 0 Å². The van der Waals surface area contributed by atoms with Gasteiger partial charge in [0.2, 0.25) is 0 Å². The Labute approximate surface area is 129 Å². The minimum absolute atomic E-state index is 0.0696. The van der Waals surface area contributed by atoms with E-state index in [4.69, 9.17) is 9.73 Å². The van der Waals surface area contributed by atoms with Crippen molar-refractivity contribution < 1.29 is 4.74 Å². The molecule has 1 aliphatic carbocycles. The number of hydrogen-bond donors (Lipinski definition) is 2. The second-order valence-corrected chi connectivity index (χ2v) is 6.85. The van der Waals surface area contributed by atoms with E-state index >= 15 is 0 Å². The van der Waals surface area contributed by atoms with Crippen molar-refractivity contribution in [2.75, 3.05) is 40.3 Å². The fourth-order valence-electron chi connectivity index (χ4n) is 3.00. The molecule has 0 amide bonds. The van der Waals surface area contributed by atoms with Gasteiger partial charge in [-0.05, 0) is 59.5 Å². The summed E-state index contributed by atoms with van der Waals surface area (Å²) in [6, 6.07) is 0.604. The fourth-order valence-corrected chi connectivity index (χ4v) is 3.00. The van der Waals surface area contributed by atoms with Gasteiger partial charge in [-0.3, -0.25) is 4.99 Å². The molecule has 0 aromatic carbocycles. The quantitative estimate of drug-likeness (QED) is 0.551. The summed E-state index contributed by atoms with van der Waals surface area (Å²) in [6.45, 7) is 7.73. The lowest BCUT2D eigenvalue weighted by Crippen LogP contribution is -2.46. The third-order valence-electron chi connectivity index (χ3n) is 4.52. The lowest BCUT2D eigenvalue weighted by Gasteiger charge is -2.26. The Morgan fingerprint density at radius 3 is 2.67 bits per heavy atom. The number of rotatable bonds is 7. The van der Waals surface area contributed by atoms with Crippen LogP contribution in [0.4, 0.5) is 0 Å². The standard InChI is InChI=1S/C16H32N4O/c1-5-17-15(19-12-16(2)9-6-10-21-16)18-11-14(20(3)4)13-7-8-13/h13-14H,5-12H2,1-4H3,(H2,17,18,19). The highest BCUT2D eigenvalue weighted by Crippen LogP contribution is 2.34. The third-order valence-corrected chi connectivity index (χ3v) is 4.52. The van der Waals surface area contributed by atoms with E-state index in [1.165, 1.54) is 12.8 Å². The van der Waals surface area contributed by atoms with E-state index in [0.29, 0.717) is 6.04 Å². The number of hydrogen-bond acceptors (Lipinski definition) is 3. The van der Waals surface area contributed by atoms with Crippen LogP contribution in [0.3, 0.4) is 0 Å². The summed E-state index contributed by atoms with van der Waals surface area (Å²) < 4.78 is 5.81. The van der Waals surface area contributed by atoms with E-state index in [-0.39, 0.29) is 5.60 Å². The van der Waals surface area contributed by atoms with Gasteiger partial charge in [0.1, 0.15) is 0 Å². The molecule has 0 bridgehead atoms. The van der Waals surface area contributed by atoms with Gasteiger partial charge in [-0.1, -0.05) is 0 Å². The topological polar surface area (TPSA) is 48.9 Å². The number of likely N-dealkylation sites (N-methyl/N-ethyl adjacent to an activating group) is 1. The number of aliphatic imine (C=N–C) groups is 1. The zero-order chi connectivity index (χ0) is 15.3. The molecule has 0 radical (unpaired) electrons. The Balaban J connectivity index is 1.85. The Hall–Kier alpha value is -0.810. The maximum atomic E-state index is 5.81. The smallest absolute Gasteiger partial charge is 0.191 e. The van der Waals surface area contributed by atoms with Crippen LogP contribution in [0, 0.1) is 5.92 Å². The molecule has 2 atom stereocenters. The summed E-state index contributed by atoms with van der Waals surface area (Å²) in [7, 11) is 4.34. The van der Waals surface area contributed by atoms with Crippen molar-refractivity contribution in [1.82, 2.24) is 15.5 Å². The normalized spacial score (nSPS) is 28.0. The number of nitrogens with zero attached hydrogens (tertiary/aromatic N) is 2. The minimum Gasteiger partial charge on any atom is -0.373 e. The summed E-state index contributed by atoms with van der Waals surface area (Å²) in [4.78, 5) is 7.06. The first-order valence-electron chi connectivity index (χ1n) is 8.36. The second kappa shape index (κ2) is 7.45. The van der Waals surface area contributed by atoms with Gasteiger partial charge in [0.15, 0.2) is 5.96 Å². The molecule has 1 saturated carbocycles. The van der Waals surface area contributed by atoms with E-state index in [0.717, 1.165) is 51.0 Å². The lowest BCUT2D eigenvalue weighted by molar-refractivity contribution is 0.0283. The second-order valence-electron chi connectivity index (χ2n) is 6.85. The molecule has 0 spiro atoms. The first-order chi connectivity index (χ1) is 10.0. The van der Waals surface area contributed by atoms with Crippen LogP contribution in [0.5, 0.6) is 0 Å². The van der Waals surface area contributed by atoms with Gasteiger partial charge in [0.05, 0.1) is 12.1 Å². The van der Waals surface area contributed by atoms with Gasteiger partial charge in [-0.15, -0.1) is 0 Å². The van der Waals surface area contributed by atoms with Gasteiger partial charge < -0.3 is 20.3 Å². The molecule has 2 aliphatic rings.